The summed E-state index contributed by atoms with van der Waals surface area (Å²) in [5.41, 5.74) is 0.382. The van der Waals surface area contributed by atoms with Gasteiger partial charge in [-0.1, -0.05) is 0 Å². The molecule has 0 aliphatic carbocycles. The Balaban J connectivity index is 1.95. The second kappa shape index (κ2) is 8.22. The number of hydrogen-bond donors (Lipinski definition) is 2. The van der Waals surface area contributed by atoms with Crippen molar-refractivity contribution in [2.75, 3.05) is 11.9 Å². The molecule has 0 amide bonds. The molecule has 0 aromatic heterocycles. The van der Waals surface area contributed by atoms with Crippen LogP contribution in [-0.4, -0.2) is 35.7 Å². The van der Waals surface area contributed by atoms with Crippen molar-refractivity contribution < 1.29 is 21.6 Å². The Hall–Kier alpha value is -1.87. The Morgan fingerprint density at radius 3 is 2.38 bits per heavy atom. The van der Waals surface area contributed by atoms with E-state index in [4.69, 9.17) is 5.14 Å². The molecule has 10 heteroatoms. The van der Waals surface area contributed by atoms with Crippen molar-refractivity contribution in [3.05, 3.63) is 59.7 Å². The van der Waals surface area contributed by atoms with E-state index in [1.807, 2.05) is 0 Å². The third-order valence-corrected chi connectivity index (χ3v) is 4.76. The third-order valence-electron chi connectivity index (χ3n) is 3.35. The monoisotopic (exact) mass is 450 g/mol. The number of benzene rings is 2. The van der Waals surface area contributed by atoms with Gasteiger partial charge in [-0.25, -0.2) is 0 Å². The van der Waals surface area contributed by atoms with Crippen molar-refractivity contribution in [3.8, 4) is 0 Å². The van der Waals surface area contributed by atoms with Gasteiger partial charge < -0.3 is 0 Å². The molecule has 3 N–H and O–H groups in total. The summed E-state index contributed by atoms with van der Waals surface area (Å²) in [7, 11) is -3.72. The van der Waals surface area contributed by atoms with Crippen LogP contribution in [0.3, 0.4) is 0 Å². The van der Waals surface area contributed by atoms with E-state index in [0.29, 0.717) is 17.7 Å². The Morgan fingerprint density at radius 2 is 1.81 bits per heavy atom. The van der Waals surface area contributed by atoms with Crippen molar-refractivity contribution >= 4 is 36.5 Å². The molecule has 0 saturated heterocycles. The average Bonchev–Trinajstić information content (AvgIpc) is 2.54. The Morgan fingerprint density at radius 1 is 1.15 bits per heavy atom. The maximum absolute atomic E-state index is 12.7. The summed E-state index contributed by atoms with van der Waals surface area (Å²) in [4.78, 5) is 4.23. The van der Waals surface area contributed by atoms with Crippen LogP contribution in [0.15, 0.2) is 58.4 Å². The van der Waals surface area contributed by atoms with Crippen LogP contribution in [0.4, 0.5) is 18.9 Å². The number of halogens is 3. The van der Waals surface area contributed by atoms with Crippen LogP contribution in [0, 0.1) is 0 Å². The topological polar surface area (TPSA) is 84.6 Å². The van der Waals surface area contributed by atoms with Gasteiger partial charge in [-0.05, 0) is 0 Å². The van der Waals surface area contributed by atoms with Gasteiger partial charge in [0, 0.05) is 0 Å². The fraction of sp³-hybridized carbons (Fsp3) is 0.188. The summed E-state index contributed by atoms with van der Waals surface area (Å²) >= 11 is 2.66. The standard InChI is InChI=1S/C16H15F3N3O2SSe/c17-16(18,19)12-2-1-3-13(10-12)22-15(26)21-9-8-11-4-6-14(7-5-11)25(20,23)24/h1-7,10H,8-9H2,(H,21,22)(H2,20,23,24). The Bertz CT molecular complexity index is 898. The van der Waals surface area contributed by atoms with Crippen LogP contribution in [0.2, 0.25) is 0 Å². The number of primary sulfonamides is 1. The van der Waals surface area contributed by atoms with Crippen molar-refractivity contribution in [1.82, 2.24) is 0 Å². The molecule has 2 aromatic rings. The maximum atomic E-state index is 12.7. The van der Waals surface area contributed by atoms with Crippen LogP contribution in [0.5, 0.6) is 0 Å². The molecule has 0 fully saturated rings. The first-order chi connectivity index (χ1) is 12.1. The Kier molecular flexibility index (Phi) is 6.46. The number of hydrogen-bond acceptors (Lipinski definition) is 3. The first kappa shape index (κ1) is 20.4. The van der Waals surface area contributed by atoms with E-state index in [1.165, 1.54) is 24.3 Å². The first-order valence-corrected chi connectivity index (χ1v) is 9.73. The number of nitrogens with one attached hydrogen (secondary N) is 1. The molecular formula is C16H15F3N3O2SSe. The number of sulfonamides is 1. The van der Waals surface area contributed by atoms with Gasteiger partial charge in [0.25, 0.3) is 0 Å². The number of rotatable bonds is 5. The predicted octanol–water partition coefficient (Wildman–Crippen LogP) is 2.53. The molecule has 0 saturated carbocycles. The zero-order chi connectivity index (χ0) is 19.4. The van der Waals surface area contributed by atoms with Crippen molar-refractivity contribution in [1.29, 1.82) is 0 Å². The number of nitrogens with zero attached hydrogens (tertiary/aromatic N) is 1. The Labute approximate surface area is 157 Å². The molecule has 0 aliphatic rings. The molecule has 2 aromatic carbocycles. The number of nitrogens with two attached hydrogens (primary N) is 1. The molecule has 0 unspecified atom stereocenters. The molecule has 2 rings (SSSR count). The first-order valence-electron chi connectivity index (χ1n) is 7.33. The minimum absolute atomic E-state index is 0.0282. The fourth-order valence-electron chi connectivity index (χ4n) is 2.07. The molecule has 0 aliphatic heterocycles. The van der Waals surface area contributed by atoms with Gasteiger partial charge in [0.15, 0.2) is 0 Å². The van der Waals surface area contributed by atoms with Gasteiger partial charge in [-0.15, -0.1) is 0 Å². The van der Waals surface area contributed by atoms with Crippen LogP contribution >= 0.6 is 0 Å². The second-order valence-corrected chi connectivity index (χ2v) is 7.70. The van der Waals surface area contributed by atoms with Gasteiger partial charge in [-0.3, -0.25) is 0 Å². The summed E-state index contributed by atoms with van der Waals surface area (Å²) in [5.74, 6) is 0. The van der Waals surface area contributed by atoms with E-state index in [9.17, 15) is 21.6 Å². The molecule has 0 atom stereocenters. The van der Waals surface area contributed by atoms with Gasteiger partial charge in [0.2, 0.25) is 0 Å². The van der Waals surface area contributed by atoms with E-state index >= 15 is 0 Å². The van der Waals surface area contributed by atoms with E-state index in [0.717, 1.165) is 17.7 Å². The summed E-state index contributed by atoms with van der Waals surface area (Å²) in [6.07, 6.45) is -3.88. The van der Waals surface area contributed by atoms with E-state index < -0.39 is 21.8 Å². The van der Waals surface area contributed by atoms with Gasteiger partial charge >= 0.3 is 157 Å². The van der Waals surface area contributed by atoms with E-state index in [-0.39, 0.29) is 10.6 Å². The normalized spacial score (nSPS) is 12.8. The van der Waals surface area contributed by atoms with Crippen molar-refractivity contribution in [2.45, 2.75) is 17.5 Å². The molecule has 1 radical (unpaired) electrons. The zero-order valence-corrected chi connectivity index (χ0v) is 15.9. The van der Waals surface area contributed by atoms with Crippen LogP contribution in [0.25, 0.3) is 0 Å². The van der Waals surface area contributed by atoms with E-state index in [1.54, 1.807) is 12.1 Å². The van der Waals surface area contributed by atoms with Crippen molar-refractivity contribution in [2.24, 2.45) is 10.1 Å². The SMILES string of the molecule is NS(=O)(=O)c1ccc(CCN=C([Se])Nc2cccc(C(F)(F)F)c2)cc1. The molecule has 0 heterocycles. The van der Waals surface area contributed by atoms with Crippen LogP contribution in [-0.2, 0) is 22.6 Å². The van der Waals surface area contributed by atoms with E-state index in [2.05, 4.69) is 26.3 Å². The number of aliphatic imine (C=N–C) groups is 1. The fourth-order valence-corrected chi connectivity index (χ4v) is 3.02. The van der Waals surface area contributed by atoms with Crippen LogP contribution in [0.1, 0.15) is 11.1 Å². The second-order valence-electron chi connectivity index (χ2n) is 5.33. The molecule has 5 nitrogen and oxygen atoms in total. The molecule has 0 bridgehead atoms. The summed E-state index contributed by atoms with van der Waals surface area (Å²) < 4.78 is 60.8. The minimum atomic E-state index is -4.41. The van der Waals surface area contributed by atoms with Gasteiger partial charge in [-0.2, -0.15) is 0 Å². The zero-order valence-electron chi connectivity index (χ0n) is 13.3. The summed E-state index contributed by atoms with van der Waals surface area (Å²) in [5, 5.41) is 7.79. The predicted molar refractivity (Wildman–Crippen MR) is 94.6 cm³/mol. The summed E-state index contributed by atoms with van der Waals surface area (Å²) in [6.45, 7) is 0.364. The average molecular weight is 449 g/mol. The summed E-state index contributed by atoms with van der Waals surface area (Å²) in [6, 6.07) is 10.9. The number of amidine groups is 1. The molecular weight excluding hydrogens is 434 g/mol. The van der Waals surface area contributed by atoms with Crippen LogP contribution < -0.4 is 10.5 Å². The molecule has 139 valence electrons. The molecule has 0 spiro atoms. The quantitative estimate of drug-likeness (QED) is 0.418. The number of anilines is 1. The van der Waals surface area contributed by atoms with Crippen molar-refractivity contribution in [3.63, 3.8) is 0 Å². The molecule has 26 heavy (non-hydrogen) atoms. The number of alkyl halides is 3. The van der Waals surface area contributed by atoms with Gasteiger partial charge in [0.05, 0.1) is 0 Å². The van der Waals surface area contributed by atoms with Gasteiger partial charge in [0.1, 0.15) is 0 Å². The third kappa shape index (κ3) is 6.14.